The molecule has 3 aromatic heterocycles. The maximum Gasteiger partial charge on any atom is 0.259 e. The van der Waals surface area contributed by atoms with Gasteiger partial charge in [0.05, 0.1) is 23.1 Å². The summed E-state index contributed by atoms with van der Waals surface area (Å²) in [5.74, 6) is 0.920. The van der Waals surface area contributed by atoms with Crippen LogP contribution in [0.4, 0.5) is 11.5 Å². The largest absolute Gasteiger partial charge is 0.453 e. The topological polar surface area (TPSA) is 110 Å². The van der Waals surface area contributed by atoms with E-state index >= 15 is 0 Å². The van der Waals surface area contributed by atoms with Crippen LogP contribution < -0.4 is 20.3 Å². The van der Waals surface area contributed by atoms with Crippen molar-refractivity contribution in [3.63, 3.8) is 0 Å². The highest BCUT2D eigenvalue weighted by Crippen LogP contribution is 2.31. The maximum absolute atomic E-state index is 13.5. The van der Waals surface area contributed by atoms with Crippen LogP contribution in [0.25, 0.3) is 16.7 Å². The SMILES string of the molecule is Cc1cn2nc(NC(=O)c3ccc(N4CCNC(C)C4)c4nccnc34)cc(Oc3cccc(Cl)c3)c2n1. The molecule has 6 rings (SSSR count). The molecule has 0 aliphatic carbocycles. The second-order valence-corrected chi connectivity index (χ2v) is 9.68. The normalized spacial score (nSPS) is 15.7. The molecule has 2 aromatic carbocycles. The number of ether oxygens (including phenoxy) is 1. The Morgan fingerprint density at radius 3 is 2.82 bits per heavy atom. The fourth-order valence-electron chi connectivity index (χ4n) is 4.67. The van der Waals surface area contributed by atoms with E-state index in [1.807, 2.05) is 13.0 Å². The number of nitrogens with zero attached hydrogens (tertiary/aromatic N) is 6. The van der Waals surface area contributed by atoms with E-state index in [0.29, 0.717) is 50.6 Å². The van der Waals surface area contributed by atoms with Crippen LogP contribution in [0.5, 0.6) is 11.5 Å². The number of amides is 1. The molecule has 1 amide bonds. The number of hydrogen-bond acceptors (Lipinski definition) is 8. The lowest BCUT2D eigenvalue weighted by molar-refractivity contribution is 0.102. The zero-order valence-corrected chi connectivity index (χ0v) is 21.6. The molecule has 10 nitrogen and oxygen atoms in total. The number of benzene rings is 2. The monoisotopic (exact) mass is 528 g/mol. The van der Waals surface area contributed by atoms with Gasteiger partial charge in [0.15, 0.2) is 17.2 Å². The van der Waals surface area contributed by atoms with Gasteiger partial charge in [0.1, 0.15) is 16.8 Å². The highest BCUT2D eigenvalue weighted by Gasteiger charge is 2.22. The van der Waals surface area contributed by atoms with E-state index in [-0.39, 0.29) is 5.91 Å². The van der Waals surface area contributed by atoms with Crippen molar-refractivity contribution in [2.45, 2.75) is 19.9 Å². The van der Waals surface area contributed by atoms with Gasteiger partial charge < -0.3 is 20.3 Å². The number of carbonyl (C=O) groups is 1. The second kappa shape index (κ2) is 9.88. The molecule has 1 atom stereocenters. The Balaban J connectivity index is 1.34. The predicted octanol–water partition coefficient (Wildman–Crippen LogP) is 4.48. The van der Waals surface area contributed by atoms with Crippen LogP contribution in [-0.4, -0.2) is 56.1 Å². The molecule has 0 bridgehead atoms. The summed E-state index contributed by atoms with van der Waals surface area (Å²) in [6, 6.07) is 12.8. The molecule has 4 heterocycles. The first-order chi connectivity index (χ1) is 18.4. The van der Waals surface area contributed by atoms with Gasteiger partial charge in [0.25, 0.3) is 5.91 Å². The zero-order chi connectivity index (χ0) is 26.2. The van der Waals surface area contributed by atoms with E-state index in [2.05, 4.69) is 42.5 Å². The van der Waals surface area contributed by atoms with Crippen molar-refractivity contribution in [3.8, 4) is 11.5 Å². The molecule has 0 radical (unpaired) electrons. The molecule has 1 aliphatic heterocycles. The Kier molecular flexibility index (Phi) is 6.26. The minimum Gasteiger partial charge on any atom is -0.453 e. The summed E-state index contributed by atoms with van der Waals surface area (Å²) in [5.41, 5.74) is 3.86. The van der Waals surface area contributed by atoms with Crippen molar-refractivity contribution in [1.82, 2.24) is 29.9 Å². The van der Waals surface area contributed by atoms with Gasteiger partial charge in [-0.1, -0.05) is 17.7 Å². The molecule has 1 unspecified atom stereocenters. The summed E-state index contributed by atoms with van der Waals surface area (Å²) in [4.78, 5) is 29.4. The van der Waals surface area contributed by atoms with Gasteiger partial charge in [-0.2, -0.15) is 0 Å². The smallest absolute Gasteiger partial charge is 0.259 e. The van der Waals surface area contributed by atoms with Gasteiger partial charge in [-0.15, -0.1) is 5.10 Å². The summed E-state index contributed by atoms with van der Waals surface area (Å²) in [6.07, 6.45) is 5.01. The first kappa shape index (κ1) is 24.1. The van der Waals surface area contributed by atoms with Crippen molar-refractivity contribution in [3.05, 3.63) is 77.3 Å². The Labute approximate surface area is 223 Å². The lowest BCUT2D eigenvalue weighted by Gasteiger charge is -2.34. The van der Waals surface area contributed by atoms with Gasteiger partial charge in [0, 0.05) is 49.2 Å². The minimum atomic E-state index is -0.354. The number of aryl methyl sites for hydroxylation is 1. The molecule has 1 aliphatic rings. The van der Waals surface area contributed by atoms with Gasteiger partial charge in [0.2, 0.25) is 0 Å². The standard InChI is InChI=1S/C27H25ClN8O2/c1-16-14-35(11-10-29-16)21-7-6-20(24-25(21)31-9-8-30-24)27(37)33-23-13-22(26-32-17(2)15-36(26)34-23)38-19-5-3-4-18(28)12-19/h3-9,12-13,15-16,29H,10-11,14H2,1-2H3,(H,33,34,37). The Morgan fingerprint density at radius 2 is 2.00 bits per heavy atom. The predicted molar refractivity (Wildman–Crippen MR) is 146 cm³/mol. The zero-order valence-electron chi connectivity index (χ0n) is 20.8. The average Bonchev–Trinajstić information content (AvgIpc) is 3.28. The van der Waals surface area contributed by atoms with Crippen molar-refractivity contribution >= 4 is 45.7 Å². The summed E-state index contributed by atoms with van der Waals surface area (Å²) >= 11 is 6.13. The number of rotatable bonds is 5. The summed E-state index contributed by atoms with van der Waals surface area (Å²) in [6.45, 7) is 6.60. The van der Waals surface area contributed by atoms with E-state index in [4.69, 9.17) is 16.3 Å². The number of aromatic nitrogens is 5. The third kappa shape index (κ3) is 4.71. The van der Waals surface area contributed by atoms with E-state index in [9.17, 15) is 4.79 Å². The Bertz CT molecular complexity index is 1670. The molecule has 192 valence electrons. The van der Waals surface area contributed by atoms with E-state index in [1.54, 1.807) is 59.5 Å². The number of fused-ring (bicyclic) bond motifs is 2. The first-order valence-electron chi connectivity index (χ1n) is 12.3. The van der Waals surface area contributed by atoms with Gasteiger partial charge >= 0.3 is 0 Å². The fraction of sp³-hybridized carbons (Fsp3) is 0.222. The summed E-state index contributed by atoms with van der Waals surface area (Å²) < 4.78 is 7.66. The van der Waals surface area contributed by atoms with Crippen LogP contribution in [0.1, 0.15) is 23.0 Å². The average molecular weight is 529 g/mol. The highest BCUT2D eigenvalue weighted by atomic mass is 35.5. The molecule has 1 fully saturated rings. The van der Waals surface area contributed by atoms with Crippen molar-refractivity contribution in [2.24, 2.45) is 0 Å². The number of anilines is 2. The maximum atomic E-state index is 13.5. The summed E-state index contributed by atoms with van der Waals surface area (Å²) in [7, 11) is 0. The second-order valence-electron chi connectivity index (χ2n) is 9.24. The van der Waals surface area contributed by atoms with Crippen molar-refractivity contribution in [2.75, 3.05) is 29.9 Å². The minimum absolute atomic E-state index is 0.300. The quantitative estimate of drug-likeness (QED) is 0.344. The molecule has 11 heteroatoms. The Hall–Kier alpha value is -4.28. The van der Waals surface area contributed by atoms with Crippen LogP contribution in [0.15, 0.2) is 61.1 Å². The van der Waals surface area contributed by atoms with E-state index < -0.39 is 0 Å². The number of hydrogen-bond donors (Lipinski definition) is 2. The highest BCUT2D eigenvalue weighted by molar-refractivity contribution is 6.30. The lowest BCUT2D eigenvalue weighted by atomic mass is 10.1. The van der Waals surface area contributed by atoms with Crippen LogP contribution in [-0.2, 0) is 0 Å². The molecule has 1 saturated heterocycles. The van der Waals surface area contributed by atoms with Crippen LogP contribution in [0.3, 0.4) is 0 Å². The number of imidazole rings is 1. The van der Waals surface area contributed by atoms with E-state index in [1.165, 1.54) is 0 Å². The van der Waals surface area contributed by atoms with Crippen molar-refractivity contribution < 1.29 is 9.53 Å². The molecular weight excluding hydrogens is 504 g/mol. The van der Waals surface area contributed by atoms with Gasteiger partial charge in [-0.25, -0.2) is 9.50 Å². The number of piperazine rings is 1. The van der Waals surface area contributed by atoms with Crippen LogP contribution in [0, 0.1) is 6.92 Å². The Morgan fingerprint density at radius 1 is 1.16 bits per heavy atom. The number of carbonyl (C=O) groups excluding carboxylic acids is 1. The van der Waals surface area contributed by atoms with E-state index in [0.717, 1.165) is 31.0 Å². The van der Waals surface area contributed by atoms with Gasteiger partial charge in [-0.05, 0) is 44.2 Å². The molecule has 2 N–H and O–H groups in total. The third-order valence-electron chi connectivity index (χ3n) is 6.34. The molecule has 0 spiro atoms. The number of halogens is 1. The number of nitrogens with one attached hydrogen (secondary N) is 2. The van der Waals surface area contributed by atoms with Crippen LogP contribution in [0.2, 0.25) is 5.02 Å². The molecular formula is C27H25ClN8O2. The molecule has 0 saturated carbocycles. The van der Waals surface area contributed by atoms with Gasteiger partial charge in [-0.3, -0.25) is 14.8 Å². The van der Waals surface area contributed by atoms with Crippen molar-refractivity contribution in [1.29, 1.82) is 0 Å². The fourth-order valence-corrected chi connectivity index (χ4v) is 4.85. The first-order valence-corrected chi connectivity index (χ1v) is 12.7. The third-order valence-corrected chi connectivity index (χ3v) is 6.57. The lowest BCUT2D eigenvalue weighted by Crippen LogP contribution is -2.49. The van der Waals surface area contributed by atoms with Crippen LogP contribution >= 0.6 is 11.6 Å². The summed E-state index contributed by atoms with van der Waals surface area (Å²) in [5, 5.41) is 11.4. The molecule has 5 aromatic rings. The molecule has 38 heavy (non-hydrogen) atoms.